The van der Waals surface area contributed by atoms with Gasteiger partial charge in [0.15, 0.2) is 6.20 Å². The molecule has 0 bridgehead atoms. The molecule has 2 nitrogen and oxygen atoms in total. The maximum absolute atomic E-state index is 6.48. The van der Waals surface area contributed by atoms with Crippen molar-refractivity contribution in [3.63, 3.8) is 0 Å². The van der Waals surface area contributed by atoms with E-state index >= 15 is 0 Å². The molecular weight excluding hydrogens is 378 g/mol. The predicted molar refractivity (Wildman–Crippen MR) is 128 cm³/mol. The molecule has 0 atom stereocenters. The summed E-state index contributed by atoms with van der Waals surface area (Å²) in [6.45, 7) is 2.15. The number of nitrogens with zero attached hydrogens (tertiary/aromatic N) is 1. The van der Waals surface area contributed by atoms with Crippen LogP contribution in [0.4, 0.5) is 0 Å². The number of hydrogen-bond acceptors (Lipinski definition) is 1. The Bertz CT molecular complexity index is 1590. The van der Waals surface area contributed by atoms with Crippen LogP contribution in [0.25, 0.3) is 55.1 Å². The first-order chi connectivity index (χ1) is 15.2. The van der Waals surface area contributed by atoms with Gasteiger partial charge >= 0.3 is 0 Å². The average Bonchev–Trinajstić information content (AvgIpc) is 3.19. The van der Waals surface area contributed by atoms with Gasteiger partial charge in [0.2, 0.25) is 5.58 Å². The molecule has 0 saturated heterocycles. The number of rotatable bonds is 2. The van der Waals surface area contributed by atoms with Crippen LogP contribution < -0.4 is 4.57 Å². The average molecular weight is 401 g/mol. The highest BCUT2D eigenvalue weighted by Crippen LogP contribution is 2.39. The molecule has 2 heterocycles. The quantitative estimate of drug-likeness (QED) is 0.281. The van der Waals surface area contributed by atoms with Gasteiger partial charge in [0.05, 0.1) is 5.56 Å². The van der Waals surface area contributed by atoms with E-state index in [0.29, 0.717) is 0 Å². The van der Waals surface area contributed by atoms with E-state index in [1.165, 1.54) is 38.4 Å². The van der Waals surface area contributed by atoms with Crippen LogP contribution >= 0.6 is 0 Å². The zero-order valence-corrected chi connectivity index (χ0v) is 17.6. The van der Waals surface area contributed by atoms with Crippen molar-refractivity contribution in [1.29, 1.82) is 0 Å². The van der Waals surface area contributed by atoms with Crippen LogP contribution in [-0.2, 0) is 7.05 Å². The number of aromatic nitrogens is 1. The Morgan fingerprint density at radius 3 is 2.35 bits per heavy atom. The Kier molecular flexibility index (Phi) is 3.94. The minimum Gasteiger partial charge on any atom is -0.449 e. The molecule has 0 aliphatic heterocycles. The molecule has 0 N–H and O–H groups in total. The van der Waals surface area contributed by atoms with Gasteiger partial charge in [-0.05, 0) is 52.6 Å². The molecule has 2 aromatic heterocycles. The summed E-state index contributed by atoms with van der Waals surface area (Å²) in [5.41, 5.74) is 7.88. The predicted octanol–water partition coefficient (Wildman–Crippen LogP) is 7.21. The highest BCUT2D eigenvalue weighted by Gasteiger charge is 2.22. The van der Waals surface area contributed by atoms with Gasteiger partial charge in [-0.1, -0.05) is 66.7 Å². The van der Waals surface area contributed by atoms with Gasteiger partial charge < -0.3 is 4.42 Å². The molecule has 0 radical (unpaired) electrons. The van der Waals surface area contributed by atoms with Crippen molar-refractivity contribution in [2.75, 3.05) is 0 Å². The SMILES string of the molecule is Cc1ccccc1-c1c2oc3ccc4cc(-c5ccccc5)ccc4c3c2cc[n+]1C. The maximum Gasteiger partial charge on any atom is 0.256 e. The minimum atomic E-state index is 0.927. The van der Waals surface area contributed by atoms with Crippen LogP contribution in [0.3, 0.4) is 0 Å². The summed E-state index contributed by atoms with van der Waals surface area (Å²) >= 11 is 0. The van der Waals surface area contributed by atoms with Crippen LogP contribution in [0.1, 0.15) is 5.56 Å². The third-order valence-corrected chi connectivity index (χ3v) is 6.25. The Labute approximate surface area is 181 Å². The fraction of sp³-hybridized carbons (Fsp3) is 0.0690. The lowest BCUT2D eigenvalue weighted by Crippen LogP contribution is -2.30. The lowest BCUT2D eigenvalue weighted by atomic mass is 9.98. The van der Waals surface area contributed by atoms with Gasteiger partial charge in [-0.3, -0.25) is 0 Å². The monoisotopic (exact) mass is 400 g/mol. The molecule has 2 heteroatoms. The Balaban J connectivity index is 1.66. The normalized spacial score (nSPS) is 11.5. The highest BCUT2D eigenvalue weighted by molar-refractivity contribution is 6.20. The van der Waals surface area contributed by atoms with Crippen molar-refractivity contribution in [3.05, 3.63) is 103 Å². The third-order valence-electron chi connectivity index (χ3n) is 6.25. The number of aryl methyl sites for hydroxylation is 2. The van der Waals surface area contributed by atoms with Gasteiger partial charge in [0, 0.05) is 16.8 Å². The number of fused-ring (bicyclic) bond motifs is 5. The molecule has 0 aliphatic carbocycles. The van der Waals surface area contributed by atoms with Gasteiger partial charge in [-0.2, -0.15) is 4.57 Å². The Hall–Kier alpha value is -3.91. The first kappa shape index (κ1) is 17.9. The molecule has 0 unspecified atom stereocenters. The van der Waals surface area contributed by atoms with Crippen LogP contribution in [0, 0.1) is 6.92 Å². The second-order valence-corrected chi connectivity index (χ2v) is 8.18. The molecule has 31 heavy (non-hydrogen) atoms. The van der Waals surface area contributed by atoms with E-state index in [2.05, 4.69) is 116 Å². The van der Waals surface area contributed by atoms with Crippen LogP contribution in [-0.4, -0.2) is 0 Å². The fourth-order valence-corrected chi connectivity index (χ4v) is 4.67. The summed E-state index contributed by atoms with van der Waals surface area (Å²) in [5.74, 6) is 0. The summed E-state index contributed by atoms with van der Waals surface area (Å²) in [7, 11) is 2.08. The second-order valence-electron chi connectivity index (χ2n) is 8.18. The molecule has 0 amide bonds. The van der Waals surface area contributed by atoms with Crippen molar-refractivity contribution in [2.45, 2.75) is 6.92 Å². The largest absolute Gasteiger partial charge is 0.449 e. The van der Waals surface area contributed by atoms with Crippen molar-refractivity contribution >= 4 is 32.7 Å². The van der Waals surface area contributed by atoms with E-state index in [9.17, 15) is 0 Å². The number of hydrogen-bond donors (Lipinski definition) is 0. The zero-order valence-electron chi connectivity index (χ0n) is 17.6. The van der Waals surface area contributed by atoms with Crippen molar-refractivity contribution in [1.82, 2.24) is 0 Å². The summed E-state index contributed by atoms with van der Waals surface area (Å²) in [6.07, 6.45) is 2.14. The summed E-state index contributed by atoms with van der Waals surface area (Å²) in [6, 6.07) is 32.2. The molecule has 0 saturated carbocycles. The van der Waals surface area contributed by atoms with E-state index in [0.717, 1.165) is 22.2 Å². The lowest BCUT2D eigenvalue weighted by Gasteiger charge is -2.05. The zero-order chi connectivity index (χ0) is 20.9. The summed E-state index contributed by atoms with van der Waals surface area (Å²) < 4.78 is 8.63. The van der Waals surface area contributed by atoms with Crippen LogP contribution in [0.15, 0.2) is 102 Å². The van der Waals surface area contributed by atoms with Crippen LogP contribution in [0.2, 0.25) is 0 Å². The second kappa shape index (κ2) is 6.82. The maximum atomic E-state index is 6.48. The van der Waals surface area contributed by atoms with Crippen molar-refractivity contribution < 1.29 is 8.98 Å². The fourth-order valence-electron chi connectivity index (χ4n) is 4.67. The number of furan rings is 1. The van der Waals surface area contributed by atoms with E-state index < -0.39 is 0 Å². The highest BCUT2D eigenvalue weighted by atomic mass is 16.3. The van der Waals surface area contributed by atoms with Gasteiger partial charge in [-0.25, -0.2) is 0 Å². The molecule has 6 rings (SSSR count). The number of benzene rings is 4. The van der Waals surface area contributed by atoms with Crippen molar-refractivity contribution in [3.8, 4) is 22.4 Å². The summed E-state index contributed by atoms with van der Waals surface area (Å²) in [4.78, 5) is 0. The molecule has 148 valence electrons. The third kappa shape index (κ3) is 2.76. The van der Waals surface area contributed by atoms with E-state index in [1.807, 2.05) is 0 Å². The molecule has 4 aromatic carbocycles. The Morgan fingerprint density at radius 1 is 0.710 bits per heavy atom. The van der Waals surface area contributed by atoms with E-state index in [1.54, 1.807) is 0 Å². The standard InChI is InChI=1S/C29H22NO/c1-19-8-6-7-11-23(19)28-29-25(16-17-30(28)2)27-24-14-12-21(20-9-4-3-5-10-20)18-22(24)13-15-26(27)31-29/h3-18H,1-2H3/q+1. The molecular formula is C29H22NO+. The topological polar surface area (TPSA) is 17.0 Å². The first-order valence-corrected chi connectivity index (χ1v) is 10.6. The van der Waals surface area contributed by atoms with Gasteiger partial charge in [-0.15, -0.1) is 0 Å². The molecule has 0 fully saturated rings. The minimum absolute atomic E-state index is 0.927. The molecule has 0 aliphatic rings. The molecule has 0 spiro atoms. The van der Waals surface area contributed by atoms with E-state index in [4.69, 9.17) is 4.42 Å². The lowest BCUT2D eigenvalue weighted by molar-refractivity contribution is -0.659. The number of pyridine rings is 1. The van der Waals surface area contributed by atoms with Crippen LogP contribution in [0.5, 0.6) is 0 Å². The van der Waals surface area contributed by atoms with E-state index in [-0.39, 0.29) is 0 Å². The molecule has 6 aromatic rings. The first-order valence-electron chi connectivity index (χ1n) is 10.6. The van der Waals surface area contributed by atoms with Gasteiger partial charge in [0.1, 0.15) is 12.6 Å². The van der Waals surface area contributed by atoms with Gasteiger partial charge in [0.25, 0.3) is 5.69 Å². The Morgan fingerprint density at radius 2 is 1.52 bits per heavy atom. The van der Waals surface area contributed by atoms with Crippen molar-refractivity contribution in [2.24, 2.45) is 7.05 Å². The smallest absolute Gasteiger partial charge is 0.256 e. The summed E-state index contributed by atoms with van der Waals surface area (Å²) in [5, 5.41) is 4.79.